The minimum atomic E-state index is -4.44. The maximum atomic E-state index is 13.0. The van der Waals surface area contributed by atoms with Gasteiger partial charge >= 0.3 is 12.3 Å². The molecular formula is C17H22F3NO3. The third-order valence-corrected chi connectivity index (χ3v) is 3.80. The van der Waals surface area contributed by atoms with E-state index in [2.05, 4.69) is 0 Å². The van der Waals surface area contributed by atoms with Crippen LogP contribution in [0.25, 0.3) is 0 Å². The molecule has 1 saturated heterocycles. The Bertz CT molecular complexity index is 608. The predicted molar refractivity (Wildman–Crippen MR) is 83.2 cm³/mol. The number of rotatable bonds is 2. The van der Waals surface area contributed by atoms with Gasteiger partial charge in [-0.25, -0.2) is 4.79 Å². The number of nitrogens with zero attached hydrogens (tertiary/aromatic N) is 1. The van der Waals surface area contributed by atoms with E-state index in [1.807, 2.05) is 0 Å². The lowest BCUT2D eigenvalue weighted by Crippen LogP contribution is -2.35. The Morgan fingerprint density at radius 1 is 1.21 bits per heavy atom. The van der Waals surface area contributed by atoms with E-state index in [9.17, 15) is 18.0 Å². The number of benzene rings is 1. The molecule has 1 atom stereocenters. The molecule has 1 aliphatic heterocycles. The quantitative estimate of drug-likeness (QED) is 0.795. The molecule has 0 saturated carbocycles. The second-order valence-corrected chi connectivity index (χ2v) is 6.90. The molecule has 1 amide bonds. The molecule has 1 fully saturated rings. The fourth-order valence-electron chi connectivity index (χ4n) is 2.66. The molecule has 1 heterocycles. The summed E-state index contributed by atoms with van der Waals surface area (Å²) in [4.78, 5) is 13.6. The van der Waals surface area contributed by atoms with Crippen LogP contribution in [0.5, 0.6) is 5.75 Å². The van der Waals surface area contributed by atoms with Crippen molar-refractivity contribution in [2.45, 2.75) is 44.9 Å². The third-order valence-electron chi connectivity index (χ3n) is 3.80. The highest BCUT2D eigenvalue weighted by Crippen LogP contribution is 2.37. The molecule has 1 aromatic rings. The minimum Gasteiger partial charge on any atom is -0.497 e. The molecule has 24 heavy (non-hydrogen) atoms. The third kappa shape index (κ3) is 4.55. The maximum absolute atomic E-state index is 13.0. The second-order valence-electron chi connectivity index (χ2n) is 6.90. The molecule has 0 spiro atoms. The summed E-state index contributed by atoms with van der Waals surface area (Å²) in [7, 11) is 1.33. The summed E-state index contributed by atoms with van der Waals surface area (Å²) in [5.74, 6) is -0.00994. The summed E-state index contributed by atoms with van der Waals surface area (Å²) in [6.45, 7) is 6.11. The van der Waals surface area contributed by atoms with Gasteiger partial charge in [0, 0.05) is 19.0 Å². The number of carbonyl (C=O) groups is 1. The fraction of sp³-hybridized carbons (Fsp3) is 0.588. The molecule has 4 nitrogen and oxygen atoms in total. The van der Waals surface area contributed by atoms with Crippen molar-refractivity contribution in [3.63, 3.8) is 0 Å². The highest BCUT2D eigenvalue weighted by molar-refractivity contribution is 5.68. The first kappa shape index (κ1) is 18.4. The van der Waals surface area contributed by atoms with Crippen molar-refractivity contribution < 1.29 is 27.4 Å². The van der Waals surface area contributed by atoms with Crippen molar-refractivity contribution in [2.24, 2.45) is 0 Å². The molecular weight excluding hydrogens is 323 g/mol. The van der Waals surface area contributed by atoms with E-state index < -0.39 is 23.4 Å². The van der Waals surface area contributed by atoms with Crippen molar-refractivity contribution in [1.29, 1.82) is 0 Å². The average molecular weight is 345 g/mol. The molecule has 1 aliphatic rings. The van der Waals surface area contributed by atoms with Gasteiger partial charge in [0.2, 0.25) is 0 Å². The van der Waals surface area contributed by atoms with Gasteiger partial charge in [-0.3, -0.25) is 0 Å². The second kappa shape index (κ2) is 6.53. The number of carbonyl (C=O) groups excluding carboxylic acids is 1. The Morgan fingerprint density at radius 2 is 1.88 bits per heavy atom. The average Bonchev–Trinajstić information content (AvgIpc) is 2.94. The van der Waals surface area contributed by atoms with Gasteiger partial charge in [0.1, 0.15) is 11.4 Å². The van der Waals surface area contributed by atoms with Crippen LogP contribution in [0.1, 0.15) is 44.2 Å². The molecule has 0 radical (unpaired) electrons. The number of hydrogen-bond acceptors (Lipinski definition) is 3. The van der Waals surface area contributed by atoms with Crippen LogP contribution in [0.3, 0.4) is 0 Å². The van der Waals surface area contributed by atoms with Gasteiger partial charge < -0.3 is 14.4 Å². The highest BCUT2D eigenvalue weighted by Gasteiger charge is 2.34. The zero-order valence-corrected chi connectivity index (χ0v) is 14.2. The lowest BCUT2D eigenvalue weighted by molar-refractivity contribution is -0.137. The largest absolute Gasteiger partial charge is 0.497 e. The van der Waals surface area contributed by atoms with E-state index in [1.54, 1.807) is 26.8 Å². The summed E-state index contributed by atoms with van der Waals surface area (Å²) in [6, 6.07) is 3.70. The van der Waals surface area contributed by atoms with E-state index in [0.29, 0.717) is 25.1 Å². The first-order valence-corrected chi connectivity index (χ1v) is 7.73. The van der Waals surface area contributed by atoms with Crippen LogP contribution in [0.15, 0.2) is 18.2 Å². The van der Waals surface area contributed by atoms with Crippen LogP contribution in [-0.2, 0) is 10.9 Å². The first-order valence-electron chi connectivity index (χ1n) is 7.73. The first-order chi connectivity index (χ1) is 11.0. The van der Waals surface area contributed by atoms with Crippen LogP contribution < -0.4 is 4.74 Å². The van der Waals surface area contributed by atoms with Gasteiger partial charge in [-0.2, -0.15) is 13.2 Å². The molecule has 0 aliphatic carbocycles. The Labute approximate surface area is 139 Å². The molecule has 0 N–H and O–H groups in total. The lowest BCUT2D eigenvalue weighted by Gasteiger charge is -2.24. The van der Waals surface area contributed by atoms with E-state index in [-0.39, 0.29) is 11.7 Å². The maximum Gasteiger partial charge on any atom is 0.416 e. The molecule has 1 unspecified atom stereocenters. The predicted octanol–water partition coefficient (Wildman–Crippen LogP) is 4.44. The van der Waals surface area contributed by atoms with Crippen LogP contribution in [0, 0.1) is 0 Å². The smallest absolute Gasteiger partial charge is 0.416 e. The van der Waals surface area contributed by atoms with E-state index >= 15 is 0 Å². The van der Waals surface area contributed by atoms with Crippen LogP contribution in [0.4, 0.5) is 18.0 Å². The van der Waals surface area contributed by atoms with E-state index in [4.69, 9.17) is 9.47 Å². The number of likely N-dealkylation sites (tertiary alicyclic amines) is 1. The van der Waals surface area contributed by atoms with Gasteiger partial charge in [-0.15, -0.1) is 0 Å². The zero-order valence-electron chi connectivity index (χ0n) is 14.2. The summed E-state index contributed by atoms with van der Waals surface area (Å²) in [5, 5.41) is 0. The molecule has 134 valence electrons. The van der Waals surface area contributed by atoms with Crippen molar-refractivity contribution in [3.8, 4) is 5.75 Å². The van der Waals surface area contributed by atoms with Gasteiger partial charge in [-0.05, 0) is 51.0 Å². The number of halogens is 3. The van der Waals surface area contributed by atoms with Gasteiger partial charge in [0.15, 0.2) is 0 Å². The standard InChI is InChI=1S/C17H22F3NO3/c1-16(2,3)24-15(22)21-6-5-11(10-21)12-7-13(17(18,19)20)9-14(8-12)23-4/h7-9,11H,5-6,10H2,1-4H3. The van der Waals surface area contributed by atoms with Crippen molar-refractivity contribution in [1.82, 2.24) is 4.90 Å². The topological polar surface area (TPSA) is 38.8 Å². The molecule has 2 rings (SSSR count). The number of ether oxygens (including phenoxy) is 2. The Morgan fingerprint density at radius 3 is 2.42 bits per heavy atom. The summed E-state index contributed by atoms with van der Waals surface area (Å²) in [6.07, 6.45) is -4.29. The number of alkyl halides is 3. The molecule has 1 aromatic carbocycles. The minimum absolute atomic E-state index is 0.163. The number of methoxy groups -OCH3 is 1. The van der Waals surface area contributed by atoms with E-state index in [1.165, 1.54) is 12.0 Å². The Balaban J connectivity index is 2.17. The summed E-state index contributed by atoms with van der Waals surface area (Å²) >= 11 is 0. The van der Waals surface area contributed by atoms with E-state index in [0.717, 1.165) is 12.1 Å². The lowest BCUT2D eigenvalue weighted by atomic mass is 9.96. The van der Waals surface area contributed by atoms with Crippen LogP contribution in [0.2, 0.25) is 0 Å². The SMILES string of the molecule is COc1cc(C2CCN(C(=O)OC(C)(C)C)C2)cc(C(F)(F)F)c1. The van der Waals surface area contributed by atoms with Gasteiger partial charge in [0.25, 0.3) is 0 Å². The van der Waals surface area contributed by atoms with Gasteiger partial charge in [-0.1, -0.05) is 0 Å². The molecule has 0 bridgehead atoms. The Kier molecular flexibility index (Phi) is 5.01. The monoisotopic (exact) mass is 345 g/mol. The van der Waals surface area contributed by atoms with Gasteiger partial charge in [0.05, 0.1) is 12.7 Å². The summed E-state index contributed by atoms with van der Waals surface area (Å²) in [5.41, 5.74) is -0.825. The number of hydrogen-bond donors (Lipinski definition) is 0. The van der Waals surface area contributed by atoms with Crippen LogP contribution >= 0.6 is 0 Å². The molecule has 7 heteroatoms. The fourth-order valence-corrected chi connectivity index (χ4v) is 2.66. The zero-order chi connectivity index (χ0) is 18.1. The highest BCUT2D eigenvalue weighted by atomic mass is 19.4. The molecule has 0 aromatic heterocycles. The number of amides is 1. The van der Waals surface area contributed by atoms with Crippen LogP contribution in [-0.4, -0.2) is 36.8 Å². The summed E-state index contributed by atoms with van der Waals surface area (Å²) < 4.78 is 49.4. The van der Waals surface area contributed by atoms with Crippen molar-refractivity contribution in [3.05, 3.63) is 29.3 Å². The van der Waals surface area contributed by atoms with Crippen molar-refractivity contribution in [2.75, 3.05) is 20.2 Å². The Hall–Kier alpha value is -1.92. The van der Waals surface area contributed by atoms with Crippen molar-refractivity contribution >= 4 is 6.09 Å². The normalized spacial score (nSPS) is 18.6.